The van der Waals surface area contributed by atoms with E-state index < -0.39 is 20.5 Å². The Kier molecular flexibility index (Phi) is 4.04. The molecule has 2 aromatic carbocycles. The third-order valence-electron chi connectivity index (χ3n) is 4.90. The Balaban J connectivity index is 2.05. The Morgan fingerprint density at radius 3 is 2.22 bits per heavy atom. The molecule has 0 spiro atoms. The summed E-state index contributed by atoms with van der Waals surface area (Å²) in [5, 5.41) is 9.18. The van der Waals surface area contributed by atoms with E-state index in [0.717, 1.165) is 11.1 Å². The molecule has 3 rings (SSSR count). The first kappa shape index (κ1) is 16.2. The normalized spacial score (nSPS) is 26.9. The average molecular weight is 331 g/mol. The van der Waals surface area contributed by atoms with Crippen molar-refractivity contribution in [1.29, 1.82) is 0 Å². The summed E-state index contributed by atoms with van der Waals surface area (Å²) in [7, 11) is -3.55. The third-order valence-corrected chi connectivity index (χ3v) is 7.24. The SMILES string of the molecule is Cc1ccc(S(=O)(=O)[C@H]2[C@@H](c3ccccc3)[C@@]2(CN)CO)cc1. The topological polar surface area (TPSA) is 80.4 Å². The Morgan fingerprint density at radius 2 is 1.70 bits per heavy atom. The first-order chi connectivity index (χ1) is 11.0. The molecule has 5 heteroatoms. The Hall–Kier alpha value is -1.69. The van der Waals surface area contributed by atoms with E-state index >= 15 is 0 Å². The van der Waals surface area contributed by atoms with Gasteiger partial charge in [-0.3, -0.25) is 0 Å². The summed E-state index contributed by atoms with van der Waals surface area (Å²) in [6, 6.07) is 16.3. The van der Waals surface area contributed by atoms with Crippen molar-refractivity contribution in [3.63, 3.8) is 0 Å². The predicted molar refractivity (Wildman–Crippen MR) is 89.9 cm³/mol. The van der Waals surface area contributed by atoms with Crippen molar-refractivity contribution in [3.05, 3.63) is 65.7 Å². The zero-order valence-corrected chi connectivity index (χ0v) is 13.8. The molecule has 2 aromatic rings. The van der Waals surface area contributed by atoms with E-state index in [1.54, 1.807) is 24.3 Å². The number of sulfone groups is 1. The van der Waals surface area contributed by atoms with Crippen LogP contribution in [0.1, 0.15) is 17.0 Å². The van der Waals surface area contributed by atoms with Gasteiger partial charge in [-0.15, -0.1) is 0 Å². The molecule has 1 saturated carbocycles. The minimum atomic E-state index is -3.55. The van der Waals surface area contributed by atoms with Crippen molar-refractivity contribution < 1.29 is 13.5 Å². The first-order valence-corrected chi connectivity index (χ1v) is 9.18. The lowest BCUT2D eigenvalue weighted by atomic mass is 10.0. The fourth-order valence-electron chi connectivity index (χ4n) is 3.48. The summed E-state index contributed by atoms with van der Waals surface area (Å²) in [6.07, 6.45) is 0. The van der Waals surface area contributed by atoms with E-state index in [1.807, 2.05) is 37.3 Å². The van der Waals surface area contributed by atoms with Gasteiger partial charge in [0.15, 0.2) is 9.84 Å². The van der Waals surface area contributed by atoms with Crippen LogP contribution in [0, 0.1) is 12.3 Å². The Morgan fingerprint density at radius 1 is 1.09 bits per heavy atom. The molecule has 23 heavy (non-hydrogen) atoms. The van der Waals surface area contributed by atoms with E-state index in [-0.39, 0.29) is 24.0 Å². The fraction of sp³-hybridized carbons (Fsp3) is 0.333. The Bertz CT molecular complexity index is 781. The molecule has 3 N–H and O–H groups in total. The van der Waals surface area contributed by atoms with Crippen molar-refractivity contribution in [2.75, 3.05) is 13.2 Å². The molecule has 1 aliphatic rings. The highest BCUT2D eigenvalue weighted by molar-refractivity contribution is 7.92. The maximum absolute atomic E-state index is 13.1. The van der Waals surface area contributed by atoms with E-state index in [4.69, 9.17) is 5.73 Å². The van der Waals surface area contributed by atoms with Gasteiger partial charge in [0.25, 0.3) is 0 Å². The van der Waals surface area contributed by atoms with Crippen LogP contribution in [-0.2, 0) is 9.84 Å². The smallest absolute Gasteiger partial charge is 0.182 e. The number of aryl methyl sites for hydroxylation is 1. The second-order valence-corrected chi connectivity index (χ2v) is 8.33. The average Bonchev–Trinajstić information content (AvgIpc) is 3.27. The van der Waals surface area contributed by atoms with Gasteiger partial charge < -0.3 is 10.8 Å². The standard InChI is InChI=1S/C18H21NO3S/c1-13-7-9-15(10-8-13)23(21,22)17-16(18(17,11-19)12-20)14-5-3-2-4-6-14/h2-10,16-17,20H,11-12,19H2,1H3/t16-,17+,18-/m1/s1. The van der Waals surface area contributed by atoms with E-state index in [1.165, 1.54) is 0 Å². The monoisotopic (exact) mass is 331 g/mol. The summed E-state index contributed by atoms with van der Waals surface area (Å²) in [5.74, 6) is -0.273. The quantitative estimate of drug-likeness (QED) is 0.876. The van der Waals surface area contributed by atoms with Crippen LogP contribution in [0.2, 0.25) is 0 Å². The number of benzene rings is 2. The molecule has 1 aliphatic carbocycles. The molecule has 0 unspecified atom stereocenters. The summed E-state index contributed by atoms with van der Waals surface area (Å²) >= 11 is 0. The van der Waals surface area contributed by atoms with Crippen LogP contribution in [0.4, 0.5) is 0 Å². The van der Waals surface area contributed by atoms with Gasteiger partial charge in [-0.1, -0.05) is 48.0 Å². The molecule has 0 aliphatic heterocycles. The van der Waals surface area contributed by atoms with Gasteiger partial charge in [-0.2, -0.15) is 0 Å². The highest BCUT2D eigenvalue weighted by atomic mass is 32.2. The molecule has 0 radical (unpaired) electrons. The van der Waals surface area contributed by atoms with Crippen LogP contribution in [0.15, 0.2) is 59.5 Å². The zero-order valence-electron chi connectivity index (χ0n) is 13.0. The summed E-state index contributed by atoms with van der Waals surface area (Å²) in [6.45, 7) is 1.82. The minimum absolute atomic E-state index is 0.138. The van der Waals surface area contributed by atoms with Crippen LogP contribution >= 0.6 is 0 Å². The van der Waals surface area contributed by atoms with E-state index in [2.05, 4.69) is 0 Å². The number of hydrogen-bond donors (Lipinski definition) is 2. The van der Waals surface area contributed by atoms with Crippen molar-refractivity contribution in [2.45, 2.75) is 23.0 Å². The lowest BCUT2D eigenvalue weighted by Gasteiger charge is -2.12. The number of aliphatic hydroxyl groups excluding tert-OH is 1. The molecule has 0 saturated heterocycles. The van der Waals surface area contributed by atoms with Crippen molar-refractivity contribution >= 4 is 9.84 Å². The number of aliphatic hydroxyl groups is 1. The molecule has 0 heterocycles. The molecule has 3 atom stereocenters. The number of hydrogen-bond acceptors (Lipinski definition) is 4. The van der Waals surface area contributed by atoms with Crippen LogP contribution < -0.4 is 5.73 Å². The molecular formula is C18H21NO3S. The second-order valence-electron chi connectivity index (χ2n) is 6.26. The van der Waals surface area contributed by atoms with Crippen molar-refractivity contribution in [3.8, 4) is 0 Å². The predicted octanol–water partition coefficient (Wildman–Crippen LogP) is 1.87. The lowest BCUT2D eigenvalue weighted by Crippen LogP contribution is -2.27. The maximum Gasteiger partial charge on any atom is 0.182 e. The summed E-state index contributed by atoms with van der Waals surface area (Å²) in [5.41, 5.74) is 6.99. The fourth-order valence-corrected chi connectivity index (χ4v) is 5.93. The van der Waals surface area contributed by atoms with Crippen molar-refractivity contribution in [1.82, 2.24) is 0 Å². The van der Waals surface area contributed by atoms with E-state index in [0.29, 0.717) is 0 Å². The van der Waals surface area contributed by atoms with Gasteiger partial charge in [0, 0.05) is 17.9 Å². The van der Waals surface area contributed by atoms with Gasteiger partial charge in [-0.05, 0) is 24.6 Å². The van der Waals surface area contributed by atoms with Crippen LogP contribution in [-0.4, -0.2) is 31.9 Å². The molecule has 122 valence electrons. The largest absolute Gasteiger partial charge is 0.396 e. The van der Waals surface area contributed by atoms with Crippen molar-refractivity contribution in [2.24, 2.45) is 11.1 Å². The molecule has 0 bridgehead atoms. The minimum Gasteiger partial charge on any atom is -0.396 e. The maximum atomic E-state index is 13.1. The van der Waals surface area contributed by atoms with E-state index in [9.17, 15) is 13.5 Å². The van der Waals surface area contributed by atoms with Gasteiger partial charge in [0.2, 0.25) is 0 Å². The molecule has 1 fully saturated rings. The lowest BCUT2D eigenvalue weighted by molar-refractivity contribution is 0.212. The molecular weight excluding hydrogens is 310 g/mol. The highest BCUT2D eigenvalue weighted by Gasteiger charge is 2.70. The van der Waals surface area contributed by atoms with Crippen LogP contribution in [0.5, 0.6) is 0 Å². The van der Waals surface area contributed by atoms with Gasteiger partial charge in [0.1, 0.15) is 0 Å². The zero-order chi connectivity index (χ0) is 16.7. The first-order valence-electron chi connectivity index (χ1n) is 7.64. The van der Waals surface area contributed by atoms with Gasteiger partial charge in [0.05, 0.1) is 16.8 Å². The van der Waals surface area contributed by atoms with Crippen LogP contribution in [0.25, 0.3) is 0 Å². The molecule has 0 aromatic heterocycles. The molecule has 0 amide bonds. The van der Waals surface area contributed by atoms with Crippen LogP contribution in [0.3, 0.4) is 0 Å². The Labute approximate surface area is 136 Å². The molecule has 4 nitrogen and oxygen atoms in total. The third kappa shape index (κ3) is 2.49. The highest BCUT2D eigenvalue weighted by Crippen LogP contribution is 2.63. The number of rotatable bonds is 5. The van der Waals surface area contributed by atoms with Gasteiger partial charge >= 0.3 is 0 Å². The second kappa shape index (κ2) is 5.74. The van der Waals surface area contributed by atoms with Gasteiger partial charge in [-0.25, -0.2) is 8.42 Å². The summed E-state index contributed by atoms with van der Waals surface area (Å²) < 4.78 is 26.1. The number of nitrogens with two attached hydrogens (primary N) is 1. The summed E-state index contributed by atoms with van der Waals surface area (Å²) in [4.78, 5) is 0.290.